The zero-order chi connectivity index (χ0) is 14.0. The number of aromatic nitrogens is 1. The lowest BCUT2D eigenvalue weighted by Gasteiger charge is -2.15. The van der Waals surface area contributed by atoms with Crippen LogP contribution >= 0.6 is 0 Å². The first-order valence-corrected chi connectivity index (χ1v) is 6.05. The van der Waals surface area contributed by atoms with Gasteiger partial charge in [0.1, 0.15) is 11.6 Å². The van der Waals surface area contributed by atoms with E-state index < -0.39 is 6.04 Å². The Balaban J connectivity index is 2.40. The van der Waals surface area contributed by atoms with Crippen LogP contribution in [0.5, 0.6) is 5.75 Å². The molecule has 1 heterocycles. The average Bonchev–Trinajstić information content (AvgIpc) is 2.36. The SMILES string of the molecule is COc1ccc(C(N)c2cc(C)nc(C)c2)c(F)c1. The molecule has 0 fully saturated rings. The predicted octanol–water partition coefficient (Wildman–Crippen LogP) is 2.89. The van der Waals surface area contributed by atoms with E-state index in [2.05, 4.69) is 4.98 Å². The molecular weight excluding hydrogens is 243 g/mol. The zero-order valence-electron chi connectivity index (χ0n) is 11.3. The number of benzene rings is 1. The lowest BCUT2D eigenvalue weighted by atomic mass is 9.98. The molecule has 0 aliphatic rings. The first-order chi connectivity index (χ1) is 9.01. The van der Waals surface area contributed by atoms with Crippen molar-refractivity contribution in [2.24, 2.45) is 5.73 Å². The fourth-order valence-corrected chi connectivity index (χ4v) is 2.11. The van der Waals surface area contributed by atoms with Crippen LogP contribution in [0.1, 0.15) is 28.6 Å². The highest BCUT2D eigenvalue weighted by atomic mass is 19.1. The van der Waals surface area contributed by atoms with Crippen molar-refractivity contribution in [1.82, 2.24) is 4.98 Å². The number of nitrogens with zero attached hydrogens (tertiary/aromatic N) is 1. The molecule has 0 saturated carbocycles. The number of hydrogen-bond donors (Lipinski definition) is 1. The van der Waals surface area contributed by atoms with E-state index in [4.69, 9.17) is 10.5 Å². The van der Waals surface area contributed by atoms with Crippen molar-refractivity contribution in [3.8, 4) is 5.75 Å². The molecule has 19 heavy (non-hydrogen) atoms. The number of rotatable bonds is 3. The maximum Gasteiger partial charge on any atom is 0.132 e. The second-order valence-electron chi connectivity index (χ2n) is 4.55. The Morgan fingerprint density at radius 3 is 2.32 bits per heavy atom. The highest BCUT2D eigenvalue weighted by Crippen LogP contribution is 2.25. The molecule has 2 aromatic rings. The third-order valence-corrected chi connectivity index (χ3v) is 3.01. The van der Waals surface area contributed by atoms with Gasteiger partial charge in [-0.3, -0.25) is 4.98 Å². The fraction of sp³-hybridized carbons (Fsp3) is 0.267. The van der Waals surface area contributed by atoms with Gasteiger partial charge in [0.15, 0.2) is 0 Å². The van der Waals surface area contributed by atoms with Crippen molar-refractivity contribution in [3.05, 3.63) is 58.7 Å². The van der Waals surface area contributed by atoms with Gasteiger partial charge in [-0.15, -0.1) is 0 Å². The van der Waals surface area contributed by atoms with Gasteiger partial charge in [-0.05, 0) is 37.6 Å². The molecule has 1 atom stereocenters. The summed E-state index contributed by atoms with van der Waals surface area (Å²) in [4.78, 5) is 4.29. The Bertz CT molecular complexity index is 578. The van der Waals surface area contributed by atoms with Gasteiger partial charge in [-0.1, -0.05) is 6.07 Å². The Hall–Kier alpha value is -1.94. The lowest BCUT2D eigenvalue weighted by molar-refractivity contribution is 0.410. The van der Waals surface area contributed by atoms with E-state index in [1.54, 1.807) is 12.1 Å². The maximum atomic E-state index is 14.0. The van der Waals surface area contributed by atoms with Gasteiger partial charge in [-0.25, -0.2) is 4.39 Å². The second-order valence-corrected chi connectivity index (χ2v) is 4.55. The Kier molecular flexibility index (Phi) is 3.81. The molecule has 0 saturated heterocycles. The summed E-state index contributed by atoms with van der Waals surface area (Å²) in [5.41, 5.74) is 9.19. The number of aryl methyl sites for hydroxylation is 2. The molecule has 4 heteroatoms. The van der Waals surface area contributed by atoms with E-state index in [0.29, 0.717) is 11.3 Å². The smallest absolute Gasteiger partial charge is 0.132 e. The van der Waals surface area contributed by atoms with Gasteiger partial charge >= 0.3 is 0 Å². The van der Waals surface area contributed by atoms with E-state index in [1.165, 1.54) is 13.2 Å². The van der Waals surface area contributed by atoms with Crippen LogP contribution < -0.4 is 10.5 Å². The molecule has 0 spiro atoms. The van der Waals surface area contributed by atoms with E-state index in [1.807, 2.05) is 26.0 Å². The molecule has 2 N–H and O–H groups in total. The van der Waals surface area contributed by atoms with Crippen LogP contribution in [0, 0.1) is 19.7 Å². The van der Waals surface area contributed by atoms with Gasteiger partial charge in [0.2, 0.25) is 0 Å². The third kappa shape index (κ3) is 2.90. The summed E-state index contributed by atoms with van der Waals surface area (Å²) in [6.45, 7) is 3.79. The van der Waals surface area contributed by atoms with Gasteiger partial charge in [0.25, 0.3) is 0 Å². The number of pyridine rings is 1. The topological polar surface area (TPSA) is 48.1 Å². The standard InChI is InChI=1S/C15H17FN2O/c1-9-6-11(7-10(2)18-9)15(17)13-5-4-12(19-3)8-14(13)16/h4-8,15H,17H2,1-3H3. The fourth-order valence-electron chi connectivity index (χ4n) is 2.11. The normalized spacial score (nSPS) is 12.3. The van der Waals surface area contributed by atoms with Crippen LogP contribution in [0.2, 0.25) is 0 Å². The van der Waals surface area contributed by atoms with Crippen molar-refractivity contribution >= 4 is 0 Å². The minimum Gasteiger partial charge on any atom is -0.497 e. The van der Waals surface area contributed by atoms with E-state index in [0.717, 1.165) is 17.0 Å². The van der Waals surface area contributed by atoms with Crippen LogP contribution in [-0.4, -0.2) is 12.1 Å². The summed E-state index contributed by atoms with van der Waals surface area (Å²) < 4.78 is 19.0. The number of halogens is 1. The largest absolute Gasteiger partial charge is 0.497 e. The summed E-state index contributed by atoms with van der Waals surface area (Å²) in [5, 5.41) is 0. The highest BCUT2D eigenvalue weighted by molar-refractivity contribution is 5.37. The molecule has 2 rings (SSSR count). The number of hydrogen-bond acceptors (Lipinski definition) is 3. The van der Waals surface area contributed by atoms with Crippen LogP contribution in [0.3, 0.4) is 0 Å². The van der Waals surface area contributed by atoms with Crippen molar-refractivity contribution in [1.29, 1.82) is 0 Å². The quantitative estimate of drug-likeness (QED) is 0.923. The van der Waals surface area contributed by atoms with Crippen LogP contribution in [-0.2, 0) is 0 Å². The lowest BCUT2D eigenvalue weighted by Crippen LogP contribution is -2.14. The van der Waals surface area contributed by atoms with Gasteiger partial charge in [-0.2, -0.15) is 0 Å². The number of methoxy groups -OCH3 is 1. The molecule has 0 aliphatic heterocycles. The van der Waals surface area contributed by atoms with Gasteiger partial charge in [0, 0.05) is 23.0 Å². The monoisotopic (exact) mass is 260 g/mol. The molecule has 3 nitrogen and oxygen atoms in total. The number of nitrogens with two attached hydrogens (primary N) is 1. The molecule has 0 amide bonds. The van der Waals surface area contributed by atoms with E-state index >= 15 is 0 Å². The van der Waals surface area contributed by atoms with Crippen molar-refractivity contribution in [2.75, 3.05) is 7.11 Å². The molecule has 0 aliphatic carbocycles. The third-order valence-electron chi connectivity index (χ3n) is 3.01. The van der Waals surface area contributed by atoms with E-state index in [9.17, 15) is 4.39 Å². The Labute approximate surface area is 112 Å². The first-order valence-electron chi connectivity index (χ1n) is 6.05. The summed E-state index contributed by atoms with van der Waals surface area (Å²) >= 11 is 0. The molecule has 1 aromatic carbocycles. The van der Waals surface area contributed by atoms with Gasteiger partial charge < -0.3 is 10.5 Å². The number of ether oxygens (including phenoxy) is 1. The first kappa shape index (κ1) is 13.5. The highest BCUT2D eigenvalue weighted by Gasteiger charge is 2.15. The molecule has 0 radical (unpaired) electrons. The van der Waals surface area contributed by atoms with Gasteiger partial charge in [0.05, 0.1) is 13.2 Å². The minimum absolute atomic E-state index is 0.362. The predicted molar refractivity (Wildman–Crippen MR) is 72.7 cm³/mol. The molecule has 100 valence electrons. The van der Waals surface area contributed by atoms with Crippen molar-refractivity contribution in [2.45, 2.75) is 19.9 Å². The Morgan fingerprint density at radius 1 is 1.16 bits per heavy atom. The molecule has 0 bridgehead atoms. The van der Waals surface area contributed by atoms with Crippen LogP contribution in [0.4, 0.5) is 4.39 Å². The second kappa shape index (κ2) is 5.36. The zero-order valence-corrected chi connectivity index (χ0v) is 11.3. The maximum absolute atomic E-state index is 14.0. The molecule has 1 aromatic heterocycles. The summed E-state index contributed by atoms with van der Waals surface area (Å²) in [6.07, 6.45) is 0. The van der Waals surface area contributed by atoms with Crippen LogP contribution in [0.25, 0.3) is 0 Å². The van der Waals surface area contributed by atoms with Crippen molar-refractivity contribution < 1.29 is 9.13 Å². The van der Waals surface area contributed by atoms with E-state index in [-0.39, 0.29) is 5.82 Å². The Morgan fingerprint density at radius 2 is 1.79 bits per heavy atom. The summed E-state index contributed by atoms with van der Waals surface area (Å²) in [7, 11) is 1.50. The van der Waals surface area contributed by atoms with Crippen molar-refractivity contribution in [3.63, 3.8) is 0 Å². The average molecular weight is 260 g/mol. The summed E-state index contributed by atoms with van der Waals surface area (Å²) in [6, 6.07) is 7.95. The molecular formula is C15H17FN2O. The minimum atomic E-state index is -0.508. The van der Waals surface area contributed by atoms with Crippen LogP contribution in [0.15, 0.2) is 30.3 Å². The summed E-state index contributed by atoms with van der Waals surface area (Å²) in [5.74, 6) is 0.120. The molecule has 1 unspecified atom stereocenters.